The standard InChI is InChI=1S/C27H26ClN3O2/c1-27(33)14-16-31(19-26(27)32)15-2-3-24-11-4-20(17-29-24)5-12-25-13-8-22(18-30-25)21-6-9-23(28)10-7-21/h2-4,6-11,13,17-18,26,32-33H,14-16,19H2,1H3/b3-2+/t26-,27+/m1/s1. The fourth-order valence-corrected chi connectivity index (χ4v) is 3.69. The molecule has 3 aromatic rings. The maximum atomic E-state index is 10.1. The van der Waals surface area contributed by atoms with Gasteiger partial charge in [0.15, 0.2) is 0 Å². The van der Waals surface area contributed by atoms with Crippen molar-refractivity contribution in [2.75, 3.05) is 19.6 Å². The van der Waals surface area contributed by atoms with E-state index in [1.165, 1.54) is 0 Å². The molecule has 3 heterocycles. The van der Waals surface area contributed by atoms with Crippen molar-refractivity contribution in [2.24, 2.45) is 0 Å². The molecule has 2 aromatic heterocycles. The van der Waals surface area contributed by atoms with Gasteiger partial charge in [0.05, 0.1) is 17.4 Å². The zero-order valence-corrected chi connectivity index (χ0v) is 19.2. The van der Waals surface area contributed by atoms with Crippen LogP contribution in [0.5, 0.6) is 0 Å². The third-order valence-corrected chi connectivity index (χ3v) is 6.05. The van der Waals surface area contributed by atoms with Crippen molar-refractivity contribution in [3.63, 3.8) is 0 Å². The lowest BCUT2D eigenvalue weighted by Crippen LogP contribution is -2.53. The van der Waals surface area contributed by atoms with Crippen LogP contribution < -0.4 is 0 Å². The van der Waals surface area contributed by atoms with E-state index >= 15 is 0 Å². The highest BCUT2D eigenvalue weighted by Gasteiger charge is 2.35. The van der Waals surface area contributed by atoms with E-state index < -0.39 is 11.7 Å². The highest BCUT2D eigenvalue weighted by Crippen LogP contribution is 2.22. The molecule has 168 valence electrons. The summed E-state index contributed by atoms with van der Waals surface area (Å²) in [4.78, 5) is 11.0. The van der Waals surface area contributed by atoms with Crippen LogP contribution in [0.4, 0.5) is 0 Å². The second kappa shape index (κ2) is 10.3. The van der Waals surface area contributed by atoms with Gasteiger partial charge in [-0.05, 0) is 61.2 Å². The summed E-state index contributed by atoms with van der Waals surface area (Å²) < 4.78 is 0. The first-order chi connectivity index (χ1) is 15.9. The van der Waals surface area contributed by atoms with E-state index in [0.717, 1.165) is 28.9 Å². The molecule has 4 rings (SSSR count). The Morgan fingerprint density at radius 2 is 1.85 bits per heavy atom. The molecule has 2 atom stereocenters. The van der Waals surface area contributed by atoms with Crippen LogP contribution in [0.3, 0.4) is 0 Å². The maximum Gasteiger partial charge on any atom is 0.113 e. The molecule has 0 aliphatic carbocycles. The number of pyridine rings is 2. The van der Waals surface area contributed by atoms with Crippen molar-refractivity contribution in [3.05, 3.63) is 89.0 Å². The summed E-state index contributed by atoms with van der Waals surface area (Å²) in [7, 11) is 0. The van der Waals surface area contributed by atoms with Gasteiger partial charge >= 0.3 is 0 Å². The number of nitrogens with zero attached hydrogens (tertiary/aromatic N) is 3. The molecule has 6 heteroatoms. The molecule has 1 aliphatic heterocycles. The molecule has 1 aromatic carbocycles. The van der Waals surface area contributed by atoms with Crippen molar-refractivity contribution >= 4 is 17.7 Å². The Labute approximate surface area is 199 Å². The lowest BCUT2D eigenvalue weighted by atomic mass is 9.91. The molecule has 1 fully saturated rings. The molecule has 0 amide bonds. The quantitative estimate of drug-likeness (QED) is 0.576. The van der Waals surface area contributed by atoms with E-state index in [0.29, 0.717) is 30.2 Å². The number of halogens is 1. The Hall–Kier alpha value is -3.01. The predicted octanol–water partition coefficient (Wildman–Crippen LogP) is 4.03. The van der Waals surface area contributed by atoms with Gasteiger partial charge in [-0.1, -0.05) is 41.8 Å². The van der Waals surface area contributed by atoms with E-state index in [2.05, 4.69) is 26.7 Å². The number of piperidine rings is 1. The number of aliphatic hydroxyl groups is 2. The van der Waals surface area contributed by atoms with Gasteiger partial charge in [0.1, 0.15) is 5.69 Å². The first kappa shape index (κ1) is 23.2. The van der Waals surface area contributed by atoms with Gasteiger partial charge in [-0.2, -0.15) is 0 Å². The average molecular weight is 460 g/mol. The Morgan fingerprint density at radius 1 is 1.06 bits per heavy atom. The number of aliphatic hydroxyl groups excluding tert-OH is 1. The number of β-amino-alcohol motifs (C(OH)–C–C–N with tert-alkyl or cyclic N) is 1. The normalized spacial score (nSPS) is 21.0. The molecule has 0 radical (unpaired) electrons. The van der Waals surface area contributed by atoms with Crippen LogP contribution in [0.2, 0.25) is 5.02 Å². The molecule has 1 aliphatic rings. The lowest BCUT2D eigenvalue weighted by molar-refractivity contribution is -0.105. The molecular weight excluding hydrogens is 434 g/mol. The summed E-state index contributed by atoms with van der Waals surface area (Å²) in [6.07, 6.45) is 7.36. The third-order valence-electron chi connectivity index (χ3n) is 5.80. The van der Waals surface area contributed by atoms with Crippen molar-refractivity contribution in [2.45, 2.75) is 25.0 Å². The largest absolute Gasteiger partial charge is 0.389 e. The number of rotatable bonds is 4. The molecule has 2 N–H and O–H groups in total. The Bertz CT molecular complexity index is 1160. The van der Waals surface area contributed by atoms with Gasteiger partial charge in [0.25, 0.3) is 0 Å². The number of hydrogen-bond donors (Lipinski definition) is 2. The van der Waals surface area contributed by atoms with Gasteiger partial charge in [-0.3, -0.25) is 9.88 Å². The zero-order valence-electron chi connectivity index (χ0n) is 18.4. The fraction of sp³-hybridized carbons (Fsp3) is 0.259. The first-order valence-corrected chi connectivity index (χ1v) is 11.3. The van der Waals surface area contributed by atoms with Crippen LogP contribution in [-0.4, -0.2) is 56.4 Å². The van der Waals surface area contributed by atoms with Crippen molar-refractivity contribution < 1.29 is 10.2 Å². The van der Waals surface area contributed by atoms with Crippen molar-refractivity contribution in [3.8, 4) is 23.0 Å². The minimum Gasteiger partial charge on any atom is -0.389 e. The van der Waals surface area contributed by atoms with Crippen LogP contribution in [0.25, 0.3) is 17.2 Å². The van der Waals surface area contributed by atoms with Gasteiger partial charge in [-0.15, -0.1) is 0 Å². The minimum absolute atomic E-state index is 0.466. The van der Waals surface area contributed by atoms with Gasteiger partial charge in [0, 0.05) is 48.2 Å². The smallest absolute Gasteiger partial charge is 0.113 e. The van der Waals surface area contributed by atoms with Crippen molar-refractivity contribution in [1.29, 1.82) is 0 Å². The summed E-state index contributed by atoms with van der Waals surface area (Å²) in [5.74, 6) is 6.17. The molecule has 0 saturated carbocycles. The second-order valence-corrected chi connectivity index (χ2v) is 8.88. The topological polar surface area (TPSA) is 69.5 Å². The van der Waals surface area contributed by atoms with Gasteiger partial charge in [-0.25, -0.2) is 4.98 Å². The lowest BCUT2D eigenvalue weighted by Gasteiger charge is -2.39. The number of benzene rings is 1. The molecule has 33 heavy (non-hydrogen) atoms. The molecule has 1 saturated heterocycles. The summed E-state index contributed by atoms with van der Waals surface area (Å²) in [5.41, 5.74) is 3.43. The Kier molecular flexibility index (Phi) is 7.22. The summed E-state index contributed by atoms with van der Waals surface area (Å²) >= 11 is 5.94. The summed E-state index contributed by atoms with van der Waals surface area (Å²) in [6.45, 7) is 3.61. The van der Waals surface area contributed by atoms with Crippen LogP contribution in [0.15, 0.2) is 67.0 Å². The highest BCUT2D eigenvalue weighted by molar-refractivity contribution is 6.30. The zero-order chi connectivity index (χ0) is 23.3. The molecular formula is C27H26ClN3O2. The van der Waals surface area contributed by atoms with Gasteiger partial charge in [0.2, 0.25) is 0 Å². The minimum atomic E-state index is -0.993. The molecule has 0 unspecified atom stereocenters. The monoisotopic (exact) mass is 459 g/mol. The Balaban J connectivity index is 1.32. The molecule has 0 spiro atoms. The van der Waals surface area contributed by atoms with E-state index in [1.807, 2.05) is 66.9 Å². The number of aromatic nitrogens is 2. The van der Waals surface area contributed by atoms with Crippen LogP contribution in [-0.2, 0) is 0 Å². The number of likely N-dealkylation sites (tertiary alicyclic amines) is 1. The first-order valence-electron chi connectivity index (χ1n) is 10.9. The van der Waals surface area contributed by atoms with Crippen molar-refractivity contribution in [1.82, 2.24) is 14.9 Å². The van der Waals surface area contributed by atoms with E-state index in [4.69, 9.17) is 11.6 Å². The van der Waals surface area contributed by atoms with E-state index in [9.17, 15) is 10.2 Å². The van der Waals surface area contributed by atoms with Crippen LogP contribution >= 0.6 is 11.6 Å². The molecule has 0 bridgehead atoms. The van der Waals surface area contributed by atoms with Crippen LogP contribution in [0.1, 0.15) is 30.3 Å². The van der Waals surface area contributed by atoms with E-state index in [1.54, 1.807) is 13.1 Å². The SMILES string of the molecule is C[C@]1(O)CCN(C/C=C/c2ccc(C#Cc3ccc(-c4ccc(Cl)cc4)cn3)cn2)C[C@H]1O. The summed E-state index contributed by atoms with van der Waals surface area (Å²) in [5, 5.41) is 20.8. The predicted molar refractivity (Wildman–Crippen MR) is 132 cm³/mol. The fourth-order valence-electron chi connectivity index (χ4n) is 3.57. The van der Waals surface area contributed by atoms with Crippen LogP contribution in [0, 0.1) is 11.8 Å². The van der Waals surface area contributed by atoms with E-state index in [-0.39, 0.29) is 0 Å². The summed E-state index contributed by atoms with van der Waals surface area (Å²) in [6, 6.07) is 15.4. The Morgan fingerprint density at radius 3 is 2.52 bits per heavy atom. The number of hydrogen-bond acceptors (Lipinski definition) is 5. The highest BCUT2D eigenvalue weighted by atomic mass is 35.5. The maximum absolute atomic E-state index is 10.1. The third kappa shape index (κ3) is 6.28. The average Bonchev–Trinajstić information content (AvgIpc) is 2.82. The second-order valence-electron chi connectivity index (χ2n) is 8.45. The van der Waals surface area contributed by atoms with Gasteiger partial charge < -0.3 is 10.2 Å². The molecule has 5 nitrogen and oxygen atoms in total.